The van der Waals surface area contributed by atoms with Crippen LogP contribution < -0.4 is 5.32 Å². The molecule has 3 N–H and O–H groups in total. The molecular weight excluding hydrogens is 296 g/mol. The number of hydrogen-bond acceptors (Lipinski definition) is 4. The molecule has 23 heavy (non-hydrogen) atoms. The summed E-state index contributed by atoms with van der Waals surface area (Å²) in [6, 6.07) is 15.0. The summed E-state index contributed by atoms with van der Waals surface area (Å²) in [6.45, 7) is 0.0744. The van der Waals surface area contributed by atoms with E-state index in [0.29, 0.717) is 5.69 Å². The van der Waals surface area contributed by atoms with Crippen molar-refractivity contribution >= 4 is 17.5 Å². The lowest BCUT2D eigenvalue weighted by atomic mass is 10.2. The van der Waals surface area contributed by atoms with Gasteiger partial charge in [0.05, 0.1) is 6.61 Å². The van der Waals surface area contributed by atoms with Crippen LogP contribution in [0.3, 0.4) is 0 Å². The van der Waals surface area contributed by atoms with Gasteiger partial charge in [-0.1, -0.05) is 30.3 Å². The van der Waals surface area contributed by atoms with Crippen molar-refractivity contribution < 1.29 is 19.8 Å². The Morgan fingerprint density at radius 3 is 2.26 bits per heavy atom. The number of nitrogens with one attached hydrogen (secondary N) is 1. The molecule has 6 nitrogen and oxygen atoms in total. The zero-order valence-corrected chi connectivity index (χ0v) is 12.5. The summed E-state index contributed by atoms with van der Waals surface area (Å²) in [5, 5.41) is 20.8. The molecule has 0 unspecified atom stereocenters. The van der Waals surface area contributed by atoms with Crippen molar-refractivity contribution in [1.82, 2.24) is 4.90 Å². The molecule has 0 radical (unpaired) electrons. The number of aliphatic hydroxyl groups is 1. The quantitative estimate of drug-likeness (QED) is 0.574. The number of benzene rings is 2. The Kier molecular flexibility index (Phi) is 5.71. The molecule has 0 atom stereocenters. The highest BCUT2D eigenvalue weighted by atomic mass is 16.3. The molecule has 0 fully saturated rings. The van der Waals surface area contributed by atoms with Gasteiger partial charge in [0.2, 0.25) is 0 Å². The summed E-state index contributed by atoms with van der Waals surface area (Å²) in [5.74, 6) is -1.45. The summed E-state index contributed by atoms with van der Waals surface area (Å²) in [4.78, 5) is 25.6. The number of amides is 2. The maximum Gasteiger partial charge on any atom is 0.313 e. The summed E-state index contributed by atoms with van der Waals surface area (Å²) in [5.41, 5.74) is 1.27. The predicted molar refractivity (Wildman–Crippen MR) is 85.7 cm³/mol. The zero-order chi connectivity index (χ0) is 16.7. The van der Waals surface area contributed by atoms with E-state index in [1.54, 1.807) is 0 Å². The molecule has 0 heterocycles. The summed E-state index contributed by atoms with van der Waals surface area (Å²) in [6.07, 6.45) is 0. The third-order valence-corrected chi connectivity index (χ3v) is 3.19. The van der Waals surface area contributed by atoms with Crippen LogP contribution in [-0.2, 0) is 16.1 Å². The first kappa shape index (κ1) is 16.5. The van der Waals surface area contributed by atoms with E-state index in [9.17, 15) is 14.7 Å². The average Bonchev–Trinajstić information content (AvgIpc) is 2.57. The minimum Gasteiger partial charge on any atom is -0.508 e. The van der Waals surface area contributed by atoms with Crippen molar-refractivity contribution in [3.05, 3.63) is 60.2 Å². The Morgan fingerprint density at radius 1 is 1.00 bits per heavy atom. The molecule has 0 aliphatic heterocycles. The lowest BCUT2D eigenvalue weighted by Crippen LogP contribution is -2.40. The molecule has 0 saturated heterocycles. The Bertz CT molecular complexity index is 656. The van der Waals surface area contributed by atoms with Gasteiger partial charge < -0.3 is 20.4 Å². The van der Waals surface area contributed by atoms with Crippen LogP contribution in [0.1, 0.15) is 5.56 Å². The highest BCUT2D eigenvalue weighted by molar-refractivity contribution is 6.39. The van der Waals surface area contributed by atoms with Gasteiger partial charge in [-0.05, 0) is 29.8 Å². The maximum absolute atomic E-state index is 12.3. The van der Waals surface area contributed by atoms with E-state index >= 15 is 0 Å². The fourth-order valence-corrected chi connectivity index (χ4v) is 2.05. The highest BCUT2D eigenvalue weighted by Gasteiger charge is 2.21. The van der Waals surface area contributed by atoms with Crippen LogP contribution in [0.25, 0.3) is 0 Å². The molecule has 2 aromatic rings. The Morgan fingerprint density at radius 2 is 1.65 bits per heavy atom. The van der Waals surface area contributed by atoms with E-state index in [0.717, 1.165) is 5.56 Å². The highest BCUT2D eigenvalue weighted by Crippen LogP contribution is 2.14. The van der Waals surface area contributed by atoms with E-state index in [1.807, 2.05) is 30.3 Å². The standard InChI is InChI=1S/C17H18N2O4/c20-11-10-19(12-13-4-2-1-3-5-13)17(23)16(22)18-14-6-8-15(21)9-7-14/h1-9,20-21H,10-12H2,(H,18,22). The SMILES string of the molecule is O=C(Nc1ccc(O)cc1)C(=O)N(CCO)Cc1ccccc1. The number of anilines is 1. The lowest BCUT2D eigenvalue weighted by Gasteiger charge is -2.21. The molecule has 0 aliphatic carbocycles. The Balaban J connectivity index is 2.04. The zero-order valence-electron chi connectivity index (χ0n) is 12.5. The van der Waals surface area contributed by atoms with Crippen molar-refractivity contribution in [2.24, 2.45) is 0 Å². The second kappa shape index (κ2) is 7.95. The number of rotatable bonds is 5. The van der Waals surface area contributed by atoms with Gasteiger partial charge in [-0.15, -0.1) is 0 Å². The van der Waals surface area contributed by atoms with Crippen molar-refractivity contribution in [2.45, 2.75) is 6.54 Å². The van der Waals surface area contributed by atoms with E-state index in [2.05, 4.69) is 5.32 Å². The summed E-state index contributed by atoms with van der Waals surface area (Å²) >= 11 is 0. The third-order valence-electron chi connectivity index (χ3n) is 3.19. The monoisotopic (exact) mass is 314 g/mol. The van der Waals surface area contributed by atoms with Gasteiger partial charge in [-0.3, -0.25) is 9.59 Å². The first-order valence-corrected chi connectivity index (χ1v) is 7.14. The Labute approximate surface area is 134 Å². The average molecular weight is 314 g/mol. The minimum atomic E-state index is -0.792. The second-order valence-electron chi connectivity index (χ2n) is 4.94. The lowest BCUT2D eigenvalue weighted by molar-refractivity contribution is -0.143. The van der Waals surface area contributed by atoms with Crippen LogP contribution in [0.2, 0.25) is 0 Å². The fraction of sp³-hybridized carbons (Fsp3) is 0.176. The number of aromatic hydroxyl groups is 1. The van der Waals surface area contributed by atoms with E-state index in [4.69, 9.17) is 5.11 Å². The van der Waals surface area contributed by atoms with Gasteiger partial charge >= 0.3 is 11.8 Å². The first-order valence-electron chi connectivity index (χ1n) is 7.14. The number of carbonyl (C=O) groups excluding carboxylic acids is 2. The smallest absolute Gasteiger partial charge is 0.313 e. The number of hydrogen-bond donors (Lipinski definition) is 3. The molecule has 2 aromatic carbocycles. The van der Waals surface area contributed by atoms with Crippen LogP contribution in [-0.4, -0.2) is 40.1 Å². The van der Waals surface area contributed by atoms with E-state index < -0.39 is 11.8 Å². The third kappa shape index (κ3) is 4.82. The molecule has 0 saturated carbocycles. The van der Waals surface area contributed by atoms with Gasteiger partial charge in [0.25, 0.3) is 0 Å². The molecule has 2 rings (SSSR count). The number of nitrogens with zero attached hydrogens (tertiary/aromatic N) is 1. The fourth-order valence-electron chi connectivity index (χ4n) is 2.05. The maximum atomic E-state index is 12.3. The predicted octanol–water partition coefficient (Wildman–Crippen LogP) is 1.35. The van der Waals surface area contributed by atoms with Crippen molar-refractivity contribution in [1.29, 1.82) is 0 Å². The number of phenolic OH excluding ortho intramolecular Hbond substituents is 1. The molecule has 120 valence electrons. The molecular formula is C17H18N2O4. The largest absolute Gasteiger partial charge is 0.508 e. The van der Waals surface area contributed by atoms with Crippen LogP contribution in [0.15, 0.2) is 54.6 Å². The normalized spacial score (nSPS) is 10.1. The molecule has 0 bridgehead atoms. The molecule has 6 heteroatoms. The molecule has 0 aromatic heterocycles. The second-order valence-corrected chi connectivity index (χ2v) is 4.94. The molecule has 0 aliphatic rings. The van der Waals surface area contributed by atoms with Crippen molar-refractivity contribution in [3.63, 3.8) is 0 Å². The van der Waals surface area contributed by atoms with E-state index in [-0.39, 0.29) is 25.4 Å². The van der Waals surface area contributed by atoms with E-state index in [1.165, 1.54) is 29.2 Å². The van der Waals surface area contributed by atoms with Crippen LogP contribution in [0, 0.1) is 0 Å². The topological polar surface area (TPSA) is 89.9 Å². The molecule has 2 amide bonds. The number of carbonyl (C=O) groups is 2. The van der Waals surface area contributed by atoms with Gasteiger partial charge in [0.1, 0.15) is 5.75 Å². The minimum absolute atomic E-state index is 0.0662. The van der Waals surface area contributed by atoms with Crippen molar-refractivity contribution in [2.75, 3.05) is 18.5 Å². The van der Waals surface area contributed by atoms with Crippen molar-refractivity contribution in [3.8, 4) is 5.75 Å². The van der Waals surface area contributed by atoms with Gasteiger partial charge in [-0.2, -0.15) is 0 Å². The molecule has 0 spiro atoms. The summed E-state index contributed by atoms with van der Waals surface area (Å²) in [7, 11) is 0. The number of aliphatic hydroxyl groups excluding tert-OH is 1. The van der Waals surface area contributed by atoms with Gasteiger partial charge in [0.15, 0.2) is 0 Å². The number of phenols is 1. The van der Waals surface area contributed by atoms with Gasteiger partial charge in [0, 0.05) is 18.8 Å². The van der Waals surface area contributed by atoms with Crippen LogP contribution in [0.5, 0.6) is 5.75 Å². The van der Waals surface area contributed by atoms with Crippen LogP contribution >= 0.6 is 0 Å². The Hall–Kier alpha value is -2.86. The van der Waals surface area contributed by atoms with Crippen LogP contribution in [0.4, 0.5) is 5.69 Å². The van der Waals surface area contributed by atoms with Gasteiger partial charge in [-0.25, -0.2) is 0 Å². The summed E-state index contributed by atoms with van der Waals surface area (Å²) < 4.78 is 0. The first-order chi connectivity index (χ1) is 11.1.